The van der Waals surface area contributed by atoms with Crippen LogP contribution in [-0.4, -0.2) is 25.6 Å². The van der Waals surface area contributed by atoms with Crippen molar-refractivity contribution in [1.82, 2.24) is 10.6 Å². The number of nitrogens with zero attached hydrogens (tertiary/aromatic N) is 1. The van der Waals surface area contributed by atoms with Crippen LogP contribution in [0.3, 0.4) is 0 Å². The molecule has 0 spiro atoms. The van der Waals surface area contributed by atoms with Gasteiger partial charge in [-0.05, 0) is 18.8 Å². The van der Waals surface area contributed by atoms with E-state index in [4.69, 9.17) is 0 Å². The Morgan fingerprint density at radius 3 is 3.08 bits per heavy atom. The van der Waals surface area contributed by atoms with Gasteiger partial charge in [-0.15, -0.1) is 0 Å². The molecule has 3 heteroatoms. The third-order valence-corrected chi connectivity index (χ3v) is 2.45. The van der Waals surface area contributed by atoms with Gasteiger partial charge in [0.05, 0.1) is 6.54 Å². The van der Waals surface area contributed by atoms with Gasteiger partial charge in [-0.1, -0.05) is 12.8 Å². The second-order valence-corrected chi connectivity index (χ2v) is 3.67. The minimum Gasteiger partial charge on any atom is -0.356 e. The summed E-state index contributed by atoms with van der Waals surface area (Å²) < 4.78 is 0. The lowest BCUT2D eigenvalue weighted by Gasteiger charge is -2.05. The van der Waals surface area contributed by atoms with Crippen molar-refractivity contribution < 1.29 is 0 Å². The van der Waals surface area contributed by atoms with Crippen LogP contribution >= 0.6 is 0 Å². The molecule has 0 saturated heterocycles. The molecule has 0 unspecified atom stereocenters. The van der Waals surface area contributed by atoms with Crippen LogP contribution in [0.25, 0.3) is 0 Å². The zero-order valence-electron chi connectivity index (χ0n) is 7.47. The van der Waals surface area contributed by atoms with Gasteiger partial charge >= 0.3 is 0 Å². The summed E-state index contributed by atoms with van der Waals surface area (Å²) in [5.74, 6) is 2.07. The number of rotatable bonds is 4. The fraction of sp³-hybridized carbons (Fsp3) is 0.889. The maximum atomic E-state index is 4.26. The number of guanidine groups is 1. The fourth-order valence-electron chi connectivity index (χ4n) is 1.52. The second kappa shape index (κ2) is 3.78. The second-order valence-electron chi connectivity index (χ2n) is 3.67. The molecule has 1 aliphatic carbocycles. The molecule has 68 valence electrons. The molecule has 0 radical (unpaired) electrons. The number of hydrogen-bond donors (Lipinski definition) is 2. The summed E-state index contributed by atoms with van der Waals surface area (Å²) in [4.78, 5) is 4.26. The van der Waals surface area contributed by atoms with Gasteiger partial charge in [-0.2, -0.15) is 0 Å². The molecular weight excluding hydrogens is 150 g/mol. The van der Waals surface area contributed by atoms with Crippen LogP contribution in [0.1, 0.15) is 25.7 Å². The van der Waals surface area contributed by atoms with E-state index < -0.39 is 0 Å². The molecule has 0 amide bonds. The number of nitrogens with one attached hydrogen (secondary N) is 2. The SMILES string of the molecule is C(CNC1=NCCN1)CC1CC1. The maximum Gasteiger partial charge on any atom is 0.191 e. The van der Waals surface area contributed by atoms with Crippen molar-refractivity contribution >= 4 is 5.96 Å². The molecule has 12 heavy (non-hydrogen) atoms. The highest BCUT2D eigenvalue weighted by Gasteiger charge is 2.19. The standard InChI is InChI=1S/C9H17N3/c1(2-8-3-4-8)5-10-9-11-6-7-12-9/h8H,1-7H2,(H2,10,11,12). The van der Waals surface area contributed by atoms with Crippen LogP contribution in [0.5, 0.6) is 0 Å². The Hall–Kier alpha value is -0.730. The molecule has 0 aromatic carbocycles. The van der Waals surface area contributed by atoms with Crippen molar-refractivity contribution in [2.45, 2.75) is 25.7 Å². The third-order valence-electron chi connectivity index (χ3n) is 2.45. The lowest BCUT2D eigenvalue weighted by Crippen LogP contribution is -2.34. The summed E-state index contributed by atoms with van der Waals surface area (Å²) in [5.41, 5.74) is 0. The van der Waals surface area contributed by atoms with E-state index in [1.807, 2.05) is 0 Å². The molecular formula is C9H17N3. The first-order valence-corrected chi connectivity index (χ1v) is 4.97. The van der Waals surface area contributed by atoms with Gasteiger partial charge in [0.2, 0.25) is 0 Å². The molecule has 2 N–H and O–H groups in total. The largest absolute Gasteiger partial charge is 0.356 e. The van der Waals surface area contributed by atoms with Gasteiger partial charge in [0.15, 0.2) is 5.96 Å². The summed E-state index contributed by atoms with van der Waals surface area (Å²) in [6.45, 7) is 3.03. The maximum absolute atomic E-state index is 4.26. The summed E-state index contributed by atoms with van der Waals surface area (Å²) in [6, 6.07) is 0. The molecule has 1 fully saturated rings. The van der Waals surface area contributed by atoms with E-state index in [9.17, 15) is 0 Å². The van der Waals surface area contributed by atoms with Crippen LogP contribution in [0.4, 0.5) is 0 Å². The molecule has 1 aliphatic heterocycles. The van der Waals surface area contributed by atoms with Gasteiger partial charge in [0.1, 0.15) is 0 Å². The third kappa shape index (κ3) is 2.40. The first-order chi connectivity index (χ1) is 5.95. The Balaban J connectivity index is 1.49. The molecule has 3 nitrogen and oxygen atoms in total. The van der Waals surface area contributed by atoms with Gasteiger partial charge in [0, 0.05) is 13.1 Å². The highest BCUT2D eigenvalue weighted by atomic mass is 15.2. The van der Waals surface area contributed by atoms with Crippen LogP contribution < -0.4 is 10.6 Å². The summed E-state index contributed by atoms with van der Waals surface area (Å²) in [6.07, 6.45) is 5.64. The van der Waals surface area contributed by atoms with E-state index in [0.29, 0.717) is 0 Å². The summed E-state index contributed by atoms with van der Waals surface area (Å²) in [5, 5.41) is 6.50. The van der Waals surface area contributed by atoms with Gasteiger partial charge in [0.25, 0.3) is 0 Å². The smallest absolute Gasteiger partial charge is 0.191 e. The minimum absolute atomic E-state index is 0.935. The number of aliphatic imine (C=N–C) groups is 1. The van der Waals surface area contributed by atoms with E-state index in [0.717, 1.165) is 31.5 Å². The molecule has 0 bridgehead atoms. The van der Waals surface area contributed by atoms with E-state index in [1.54, 1.807) is 0 Å². The molecule has 0 atom stereocenters. The van der Waals surface area contributed by atoms with Crippen molar-refractivity contribution in [3.05, 3.63) is 0 Å². The zero-order valence-corrected chi connectivity index (χ0v) is 7.47. The summed E-state index contributed by atoms with van der Waals surface area (Å²) in [7, 11) is 0. The monoisotopic (exact) mass is 167 g/mol. The van der Waals surface area contributed by atoms with Crippen molar-refractivity contribution in [3.63, 3.8) is 0 Å². The average Bonchev–Trinajstić information content (AvgIpc) is 2.76. The first kappa shape index (κ1) is 7.90. The quantitative estimate of drug-likeness (QED) is 0.605. The molecule has 2 aliphatic rings. The Morgan fingerprint density at radius 2 is 2.42 bits per heavy atom. The summed E-state index contributed by atoms with van der Waals surface area (Å²) >= 11 is 0. The lowest BCUT2D eigenvalue weighted by molar-refractivity contribution is 0.649. The predicted molar refractivity (Wildman–Crippen MR) is 50.3 cm³/mol. The Bertz CT molecular complexity index is 173. The van der Waals surface area contributed by atoms with E-state index in [2.05, 4.69) is 15.6 Å². The molecule has 1 saturated carbocycles. The molecule has 0 aromatic rings. The van der Waals surface area contributed by atoms with Crippen molar-refractivity contribution in [2.75, 3.05) is 19.6 Å². The van der Waals surface area contributed by atoms with E-state index in [-0.39, 0.29) is 0 Å². The van der Waals surface area contributed by atoms with Crippen LogP contribution in [0, 0.1) is 5.92 Å². The average molecular weight is 167 g/mol. The van der Waals surface area contributed by atoms with Crippen LogP contribution in [0.2, 0.25) is 0 Å². The van der Waals surface area contributed by atoms with E-state index in [1.165, 1.54) is 25.7 Å². The first-order valence-electron chi connectivity index (χ1n) is 4.97. The van der Waals surface area contributed by atoms with Gasteiger partial charge < -0.3 is 10.6 Å². The molecule has 2 rings (SSSR count). The van der Waals surface area contributed by atoms with Crippen molar-refractivity contribution in [2.24, 2.45) is 10.9 Å². The van der Waals surface area contributed by atoms with Gasteiger partial charge in [-0.25, -0.2) is 0 Å². The van der Waals surface area contributed by atoms with Crippen LogP contribution in [-0.2, 0) is 0 Å². The fourth-order valence-corrected chi connectivity index (χ4v) is 1.52. The predicted octanol–water partition coefficient (Wildman–Crippen LogP) is 0.725. The molecule has 1 heterocycles. The molecule has 0 aromatic heterocycles. The Morgan fingerprint density at radius 1 is 1.50 bits per heavy atom. The highest BCUT2D eigenvalue weighted by Crippen LogP contribution is 2.33. The van der Waals surface area contributed by atoms with Crippen molar-refractivity contribution in [3.8, 4) is 0 Å². The van der Waals surface area contributed by atoms with Gasteiger partial charge in [-0.3, -0.25) is 4.99 Å². The normalized spacial score (nSPS) is 21.8. The minimum atomic E-state index is 0.935. The van der Waals surface area contributed by atoms with Crippen molar-refractivity contribution in [1.29, 1.82) is 0 Å². The Kier molecular flexibility index (Phi) is 2.49. The highest BCUT2D eigenvalue weighted by molar-refractivity contribution is 5.81. The Labute approximate surface area is 73.6 Å². The van der Waals surface area contributed by atoms with Crippen LogP contribution in [0.15, 0.2) is 4.99 Å². The lowest BCUT2D eigenvalue weighted by atomic mass is 10.2. The van der Waals surface area contributed by atoms with E-state index >= 15 is 0 Å². The zero-order chi connectivity index (χ0) is 8.23. The number of hydrogen-bond acceptors (Lipinski definition) is 3. The topological polar surface area (TPSA) is 36.4 Å².